The van der Waals surface area contributed by atoms with Crippen LogP contribution in [0.1, 0.15) is 37.7 Å². The number of hydrogen-bond donors (Lipinski definition) is 1. The van der Waals surface area contributed by atoms with Gasteiger partial charge in [-0.05, 0) is 42.8 Å². The van der Waals surface area contributed by atoms with Crippen LogP contribution in [-0.2, 0) is 6.54 Å². The van der Waals surface area contributed by atoms with E-state index in [1.165, 1.54) is 42.9 Å². The maximum atomic E-state index is 10.2. The highest BCUT2D eigenvalue weighted by Crippen LogP contribution is 2.28. The molecule has 1 saturated heterocycles. The second-order valence-electron chi connectivity index (χ2n) is 5.83. The van der Waals surface area contributed by atoms with Crippen LogP contribution in [0.3, 0.4) is 0 Å². The molecule has 2 aromatic rings. The quantitative estimate of drug-likeness (QED) is 0.878. The Morgan fingerprint density at radius 1 is 0.850 bits per heavy atom. The Morgan fingerprint density at radius 2 is 1.55 bits per heavy atom. The molecule has 20 heavy (non-hydrogen) atoms. The van der Waals surface area contributed by atoms with Gasteiger partial charge in [-0.15, -0.1) is 0 Å². The standard InChI is InChI=1S/C18H23NO/c20-18-11-10-15-8-4-5-9-16(15)17(18)14-19-12-6-2-1-3-7-13-19/h4-5,8-11,20H,1-3,6-7,12-14H2. The second kappa shape index (κ2) is 6.27. The highest BCUT2D eigenvalue weighted by atomic mass is 16.3. The number of rotatable bonds is 2. The topological polar surface area (TPSA) is 23.5 Å². The van der Waals surface area contributed by atoms with Crippen LogP contribution in [0, 0.1) is 0 Å². The molecule has 3 rings (SSSR count). The highest BCUT2D eigenvalue weighted by molar-refractivity contribution is 5.87. The molecule has 1 aliphatic heterocycles. The number of aromatic hydroxyl groups is 1. The molecule has 2 aromatic carbocycles. The Labute approximate surface area is 121 Å². The molecule has 0 aliphatic carbocycles. The van der Waals surface area contributed by atoms with E-state index in [2.05, 4.69) is 29.2 Å². The van der Waals surface area contributed by atoms with Crippen LogP contribution in [0.25, 0.3) is 10.8 Å². The number of nitrogens with zero attached hydrogens (tertiary/aromatic N) is 1. The first-order chi connectivity index (χ1) is 9.84. The molecule has 0 spiro atoms. The fourth-order valence-electron chi connectivity index (χ4n) is 3.19. The zero-order chi connectivity index (χ0) is 13.8. The van der Waals surface area contributed by atoms with E-state index in [1.54, 1.807) is 0 Å². The fraction of sp³-hybridized carbons (Fsp3) is 0.444. The van der Waals surface area contributed by atoms with Crippen molar-refractivity contribution in [3.05, 3.63) is 42.0 Å². The Morgan fingerprint density at radius 3 is 2.35 bits per heavy atom. The molecular formula is C18H23NO. The number of likely N-dealkylation sites (tertiary alicyclic amines) is 1. The van der Waals surface area contributed by atoms with Gasteiger partial charge < -0.3 is 5.11 Å². The first-order valence-corrected chi connectivity index (χ1v) is 7.76. The van der Waals surface area contributed by atoms with E-state index in [0.29, 0.717) is 5.75 Å². The molecule has 1 fully saturated rings. The average molecular weight is 269 g/mol. The van der Waals surface area contributed by atoms with E-state index in [0.717, 1.165) is 25.2 Å². The average Bonchev–Trinajstić information content (AvgIpc) is 2.44. The minimum Gasteiger partial charge on any atom is -0.508 e. The maximum absolute atomic E-state index is 10.2. The van der Waals surface area contributed by atoms with Crippen LogP contribution in [0.4, 0.5) is 0 Å². The summed E-state index contributed by atoms with van der Waals surface area (Å²) in [7, 11) is 0. The van der Waals surface area contributed by atoms with Crippen LogP contribution in [0.5, 0.6) is 5.75 Å². The monoisotopic (exact) mass is 269 g/mol. The van der Waals surface area contributed by atoms with E-state index in [4.69, 9.17) is 0 Å². The Balaban J connectivity index is 1.87. The normalized spacial score (nSPS) is 17.8. The molecule has 0 radical (unpaired) electrons. The van der Waals surface area contributed by atoms with Gasteiger partial charge in [0.1, 0.15) is 5.75 Å². The van der Waals surface area contributed by atoms with Crippen molar-refractivity contribution in [2.24, 2.45) is 0 Å². The van der Waals surface area contributed by atoms with Crippen LogP contribution in [-0.4, -0.2) is 23.1 Å². The van der Waals surface area contributed by atoms with E-state index < -0.39 is 0 Å². The van der Waals surface area contributed by atoms with E-state index in [-0.39, 0.29) is 0 Å². The molecule has 0 amide bonds. The molecule has 0 atom stereocenters. The Kier molecular flexibility index (Phi) is 4.22. The summed E-state index contributed by atoms with van der Waals surface area (Å²) in [4.78, 5) is 2.50. The van der Waals surface area contributed by atoms with Crippen LogP contribution < -0.4 is 0 Å². The molecular weight excluding hydrogens is 246 g/mol. The molecule has 106 valence electrons. The molecule has 0 aromatic heterocycles. The van der Waals surface area contributed by atoms with Gasteiger partial charge in [0.2, 0.25) is 0 Å². The second-order valence-corrected chi connectivity index (χ2v) is 5.83. The fourth-order valence-corrected chi connectivity index (χ4v) is 3.19. The summed E-state index contributed by atoms with van der Waals surface area (Å²) in [6.07, 6.45) is 6.64. The van der Waals surface area contributed by atoms with Gasteiger partial charge in [0.25, 0.3) is 0 Å². The van der Waals surface area contributed by atoms with E-state index in [9.17, 15) is 5.11 Å². The predicted octanol–water partition coefficient (Wildman–Crippen LogP) is 4.31. The first kappa shape index (κ1) is 13.4. The molecule has 2 nitrogen and oxygen atoms in total. The zero-order valence-electron chi connectivity index (χ0n) is 12.0. The van der Waals surface area contributed by atoms with E-state index in [1.807, 2.05) is 12.1 Å². The van der Waals surface area contributed by atoms with Crippen molar-refractivity contribution < 1.29 is 5.11 Å². The smallest absolute Gasteiger partial charge is 0.120 e. The summed E-state index contributed by atoms with van der Waals surface area (Å²) < 4.78 is 0. The summed E-state index contributed by atoms with van der Waals surface area (Å²) in [5.41, 5.74) is 1.09. The largest absolute Gasteiger partial charge is 0.508 e. The van der Waals surface area contributed by atoms with Crippen LogP contribution in [0.15, 0.2) is 36.4 Å². The number of benzene rings is 2. The van der Waals surface area contributed by atoms with Crippen molar-refractivity contribution in [1.29, 1.82) is 0 Å². The lowest BCUT2D eigenvalue weighted by Crippen LogP contribution is -2.27. The molecule has 2 heteroatoms. The van der Waals surface area contributed by atoms with Gasteiger partial charge in [-0.3, -0.25) is 4.90 Å². The van der Waals surface area contributed by atoms with E-state index >= 15 is 0 Å². The third-order valence-corrected chi connectivity index (χ3v) is 4.35. The number of phenols is 1. The van der Waals surface area contributed by atoms with Crippen molar-refractivity contribution in [1.82, 2.24) is 4.90 Å². The molecule has 0 saturated carbocycles. The Hall–Kier alpha value is -1.54. The van der Waals surface area contributed by atoms with Crippen molar-refractivity contribution in [2.75, 3.05) is 13.1 Å². The van der Waals surface area contributed by atoms with Crippen molar-refractivity contribution >= 4 is 10.8 Å². The molecule has 0 unspecified atom stereocenters. The maximum Gasteiger partial charge on any atom is 0.120 e. The lowest BCUT2D eigenvalue weighted by molar-refractivity contribution is 0.238. The summed E-state index contributed by atoms with van der Waals surface area (Å²) >= 11 is 0. The van der Waals surface area contributed by atoms with Crippen molar-refractivity contribution in [3.8, 4) is 5.75 Å². The van der Waals surface area contributed by atoms with Gasteiger partial charge in [-0.25, -0.2) is 0 Å². The summed E-state index contributed by atoms with van der Waals surface area (Å²) in [5.74, 6) is 0.436. The zero-order valence-corrected chi connectivity index (χ0v) is 12.0. The molecule has 1 N–H and O–H groups in total. The summed E-state index contributed by atoms with van der Waals surface area (Å²) in [5, 5.41) is 12.6. The van der Waals surface area contributed by atoms with Gasteiger partial charge in [-0.1, -0.05) is 49.6 Å². The lowest BCUT2D eigenvalue weighted by Gasteiger charge is -2.25. The van der Waals surface area contributed by atoms with Crippen molar-refractivity contribution in [2.45, 2.75) is 38.6 Å². The van der Waals surface area contributed by atoms with Gasteiger partial charge in [0.15, 0.2) is 0 Å². The summed E-state index contributed by atoms with van der Waals surface area (Å²) in [6.45, 7) is 3.18. The van der Waals surface area contributed by atoms with Gasteiger partial charge in [-0.2, -0.15) is 0 Å². The third-order valence-electron chi connectivity index (χ3n) is 4.35. The number of fused-ring (bicyclic) bond motifs is 1. The number of phenolic OH excluding ortho intramolecular Hbond substituents is 1. The minimum absolute atomic E-state index is 0.436. The Bertz CT molecular complexity index is 571. The predicted molar refractivity (Wildman–Crippen MR) is 84.0 cm³/mol. The third kappa shape index (κ3) is 2.96. The SMILES string of the molecule is Oc1ccc2ccccc2c1CN1CCCCCCC1. The van der Waals surface area contributed by atoms with Gasteiger partial charge in [0, 0.05) is 12.1 Å². The van der Waals surface area contributed by atoms with Gasteiger partial charge in [0.05, 0.1) is 0 Å². The first-order valence-electron chi connectivity index (χ1n) is 7.76. The summed E-state index contributed by atoms with van der Waals surface area (Å²) in [6, 6.07) is 12.2. The molecule has 1 aliphatic rings. The lowest BCUT2D eigenvalue weighted by atomic mass is 10.0. The van der Waals surface area contributed by atoms with Crippen LogP contribution in [0.2, 0.25) is 0 Å². The highest BCUT2D eigenvalue weighted by Gasteiger charge is 2.13. The minimum atomic E-state index is 0.436. The molecule has 1 heterocycles. The molecule has 0 bridgehead atoms. The van der Waals surface area contributed by atoms with Crippen molar-refractivity contribution in [3.63, 3.8) is 0 Å². The van der Waals surface area contributed by atoms with Gasteiger partial charge >= 0.3 is 0 Å². The number of hydrogen-bond acceptors (Lipinski definition) is 2. The van der Waals surface area contributed by atoms with Crippen LogP contribution >= 0.6 is 0 Å².